The van der Waals surface area contributed by atoms with Crippen LogP contribution in [0, 0.1) is 6.92 Å². The highest BCUT2D eigenvalue weighted by molar-refractivity contribution is 6.09. The van der Waals surface area contributed by atoms with Crippen molar-refractivity contribution in [2.75, 3.05) is 36.9 Å². The number of benzene rings is 3. The molecule has 1 aliphatic heterocycles. The fraction of sp³-hybridized carbons (Fsp3) is 0.286. The lowest BCUT2D eigenvalue weighted by atomic mass is 9.92. The van der Waals surface area contributed by atoms with Gasteiger partial charge in [0.2, 0.25) is 0 Å². The van der Waals surface area contributed by atoms with Gasteiger partial charge in [0.1, 0.15) is 5.82 Å². The molecule has 3 aromatic carbocycles. The molecule has 0 atom stereocenters. The van der Waals surface area contributed by atoms with Crippen molar-refractivity contribution in [3.05, 3.63) is 102 Å². The molecule has 6 rings (SSSR count). The molecule has 8 nitrogen and oxygen atoms in total. The number of amides is 2. The molecule has 3 heterocycles. The highest BCUT2D eigenvalue weighted by Gasteiger charge is 2.22. The van der Waals surface area contributed by atoms with Crippen LogP contribution in [0.15, 0.2) is 85.1 Å². The minimum Gasteiger partial charge on any atom is -0.379 e. The van der Waals surface area contributed by atoms with E-state index in [9.17, 15) is 4.79 Å². The molecule has 0 radical (unpaired) electrons. The number of urea groups is 1. The summed E-state index contributed by atoms with van der Waals surface area (Å²) in [5.41, 5.74) is 6.58. The van der Waals surface area contributed by atoms with Gasteiger partial charge in [0.25, 0.3) is 0 Å². The third kappa shape index (κ3) is 6.45. The first-order valence-corrected chi connectivity index (χ1v) is 14.8. The average molecular weight is 575 g/mol. The second kappa shape index (κ2) is 12.0. The number of nitrogens with one attached hydrogen (secondary N) is 2. The van der Waals surface area contributed by atoms with E-state index in [1.165, 1.54) is 5.56 Å². The van der Waals surface area contributed by atoms with Gasteiger partial charge in [0, 0.05) is 48.3 Å². The van der Waals surface area contributed by atoms with E-state index in [1.54, 1.807) is 4.68 Å². The Morgan fingerprint density at radius 2 is 1.65 bits per heavy atom. The van der Waals surface area contributed by atoms with Crippen LogP contribution in [-0.4, -0.2) is 52.0 Å². The van der Waals surface area contributed by atoms with Gasteiger partial charge in [-0.3, -0.25) is 15.2 Å². The van der Waals surface area contributed by atoms with Crippen molar-refractivity contribution in [2.24, 2.45) is 0 Å². The summed E-state index contributed by atoms with van der Waals surface area (Å²) in [5, 5.41) is 12.9. The number of hydrogen-bond donors (Lipinski definition) is 2. The molecule has 1 fully saturated rings. The van der Waals surface area contributed by atoms with E-state index in [0.29, 0.717) is 5.82 Å². The largest absolute Gasteiger partial charge is 0.379 e. The molecule has 8 heteroatoms. The monoisotopic (exact) mass is 574 g/mol. The maximum Gasteiger partial charge on any atom is 0.324 e. The number of fused-ring (bicyclic) bond motifs is 1. The van der Waals surface area contributed by atoms with E-state index in [2.05, 4.69) is 54.5 Å². The van der Waals surface area contributed by atoms with E-state index >= 15 is 0 Å². The number of aryl methyl sites for hydroxylation is 1. The minimum atomic E-state index is -0.336. The Morgan fingerprint density at radius 3 is 2.35 bits per heavy atom. The standard InChI is InChI=1S/C35H38N6O2/c1-24-9-12-26(13-10-24)41-33(21-32(39-41)35(2,3)4)38-34(42)37-31-16-14-29(27-7-5-6-8-28(27)31)30-15-11-25(22-36-30)23-40-17-19-43-20-18-40/h5-16,21-22H,17-20,23H2,1-4H3,(H2,37,38,42). The second-order valence-corrected chi connectivity index (χ2v) is 12.1. The first-order chi connectivity index (χ1) is 20.7. The van der Waals surface area contributed by atoms with Crippen LogP contribution < -0.4 is 10.6 Å². The zero-order valence-electron chi connectivity index (χ0n) is 25.2. The number of morpholine rings is 1. The quantitative estimate of drug-likeness (QED) is 0.225. The fourth-order valence-electron chi connectivity index (χ4n) is 5.32. The predicted molar refractivity (Wildman–Crippen MR) is 173 cm³/mol. The van der Waals surface area contributed by atoms with Gasteiger partial charge >= 0.3 is 6.03 Å². The highest BCUT2D eigenvalue weighted by atomic mass is 16.5. The van der Waals surface area contributed by atoms with E-state index in [-0.39, 0.29) is 11.4 Å². The summed E-state index contributed by atoms with van der Waals surface area (Å²) < 4.78 is 7.25. The Hall–Kier alpha value is -4.53. The normalized spacial score (nSPS) is 14.1. The smallest absolute Gasteiger partial charge is 0.324 e. The SMILES string of the molecule is Cc1ccc(-n2nc(C(C)(C)C)cc2NC(=O)Nc2ccc(-c3ccc(CN4CCOCC4)cn3)c3ccccc23)cc1. The van der Waals surface area contributed by atoms with Crippen LogP contribution in [0.3, 0.4) is 0 Å². The number of carbonyl (C=O) groups is 1. The number of rotatable bonds is 6. The van der Waals surface area contributed by atoms with Crippen LogP contribution in [0.4, 0.5) is 16.3 Å². The van der Waals surface area contributed by atoms with Crippen molar-refractivity contribution >= 4 is 28.3 Å². The number of anilines is 2. The molecule has 0 spiro atoms. The molecule has 2 aromatic heterocycles. The van der Waals surface area contributed by atoms with Gasteiger partial charge in [0.05, 0.1) is 36.0 Å². The van der Waals surface area contributed by atoms with Gasteiger partial charge in [0.15, 0.2) is 0 Å². The van der Waals surface area contributed by atoms with E-state index in [1.807, 2.05) is 73.8 Å². The van der Waals surface area contributed by atoms with Crippen LogP contribution in [0.5, 0.6) is 0 Å². The molecule has 1 aliphatic rings. The lowest BCUT2D eigenvalue weighted by Crippen LogP contribution is -2.35. The predicted octanol–water partition coefficient (Wildman–Crippen LogP) is 7.17. The molecule has 0 aliphatic carbocycles. The summed E-state index contributed by atoms with van der Waals surface area (Å²) in [7, 11) is 0. The minimum absolute atomic E-state index is 0.177. The third-order valence-electron chi connectivity index (χ3n) is 7.78. The molecule has 0 saturated carbocycles. The zero-order chi connectivity index (χ0) is 30.0. The molecule has 1 saturated heterocycles. The number of hydrogen-bond acceptors (Lipinski definition) is 5. The number of nitrogens with zero attached hydrogens (tertiary/aromatic N) is 4. The van der Waals surface area contributed by atoms with Gasteiger partial charge in [-0.05, 0) is 42.1 Å². The molecule has 0 bridgehead atoms. The van der Waals surface area contributed by atoms with Crippen LogP contribution >= 0.6 is 0 Å². The average Bonchev–Trinajstić information content (AvgIpc) is 3.43. The number of pyridine rings is 1. The Bertz CT molecular complexity index is 1730. The number of ether oxygens (including phenoxy) is 1. The van der Waals surface area contributed by atoms with Crippen molar-refractivity contribution in [2.45, 2.75) is 39.7 Å². The van der Waals surface area contributed by atoms with Gasteiger partial charge in [-0.2, -0.15) is 5.10 Å². The van der Waals surface area contributed by atoms with E-state index in [4.69, 9.17) is 14.8 Å². The van der Waals surface area contributed by atoms with Gasteiger partial charge in [-0.25, -0.2) is 9.48 Å². The van der Waals surface area contributed by atoms with Crippen LogP contribution in [0.2, 0.25) is 0 Å². The maximum absolute atomic E-state index is 13.4. The number of carbonyl (C=O) groups excluding carboxylic acids is 1. The highest BCUT2D eigenvalue weighted by Crippen LogP contribution is 2.33. The molecule has 220 valence electrons. The van der Waals surface area contributed by atoms with Crippen molar-refractivity contribution in [3.63, 3.8) is 0 Å². The van der Waals surface area contributed by atoms with E-state index in [0.717, 1.165) is 77.5 Å². The summed E-state index contributed by atoms with van der Waals surface area (Å²) in [6.07, 6.45) is 1.96. The van der Waals surface area contributed by atoms with Crippen LogP contribution in [-0.2, 0) is 16.7 Å². The van der Waals surface area contributed by atoms with Crippen molar-refractivity contribution < 1.29 is 9.53 Å². The van der Waals surface area contributed by atoms with Gasteiger partial charge in [-0.15, -0.1) is 0 Å². The molecular weight excluding hydrogens is 536 g/mol. The second-order valence-electron chi connectivity index (χ2n) is 12.1. The molecule has 0 unspecified atom stereocenters. The Kier molecular flexibility index (Phi) is 7.97. The van der Waals surface area contributed by atoms with Crippen LogP contribution in [0.1, 0.15) is 37.6 Å². The molecular formula is C35H38N6O2. The summed E-state index contributed by atoms with van der Waals surface area (Å²) in [5.74, 6) is 0.605. The van der Waals surface area contributed by atoms with Gasteiger partial charge < -0.3 is 10.1 Å². The lowest BCUT2D eigenvalue weighted by Gasteiger charge is -2.26. The van der Waals surface area contributed by atoms with Crippen molar-refractivity contribution in [3.8, 4) is 16.9 Å². The Labute approximate surface area is 252 Å². The maximum atomic E-state index is 13.4. The molecule has 2 amide bonds. The number of aromatic nitrogens is 3. The van der Waals surface area contributed by atoms with Gasteiger partial charge in [-0.1, -0.05) is 74.9 Å². The molecule has 5 aromatic rings. The fourth-order valence-corrected chi connectivity index (χ4v) is 5.32. The first-order valence-electron chi connectivity index (χ1n) is 14.8. The Balaban J connectivity index is 1.24. The molecule has 2 N–H and O–H groups in total. The zero-order valence-corrected chi connectivity index (χ0v) is 25.2. The van der Waals surface area contributed by atoms with Crippen molar-refractivity contribution in [1.29, 1.82) is 0 Å². The third-order valence-corrected chi connectivity index (χ3v) is 7.78. The summed E-state index contributed by atoms with van der Waals surface area (Å²) in [6, 6.07) is 26.0. The van der Waals surface area contributed by atoms with Crippen LogP contribution in [0.25, 0.3) is 27.7 Å². The Morgan fingerprint density at radius 1 is 0.907 bits per heavy atom. The molecule has 43 heavy (non-hydrogen) atoms. The lowest BCUT2D eigenvalue weighted by molar-refractivity contribution is 0.0341. The summed E-state index contributed by atoms with van der Waals surface area (Å²) >= 11 is 0. The first kappa shape index (κ1) is 28.6. The van der Waals surface area contributed by atoms with Crippen molar-refractivity contribution in [1.82, 2.24) is 19.7 Å². The topological polar surface area (TPSA) is 84.3 Å². The summed E-state index contributed by atoms with van der Waals surface area (Å²) in [6.45, 7) is 12.7. The summed E-state index contributed by atoms with van der Waals surface area (Å²) in [4.78, 5) is 20.6. The van der Waals surface area contributed by atoms with E-state index < -0.39 is 0 Å².